The van der Waals surface area contributed by atoms with E-state index in [1.807, 2.05) is 0 Å². The summed E-state index contributed by atoms with van der Waals surface area (Å²) in [5.41, 5.74) is -2.12. The molecule has 1 aromatic rings. The number of H-pyrrole nitrogens is 1. The average molecular weight is 242 g/mol. The summed E-state index contributed by atoms with van der Waals surface area (Å²) in [4.78, 5) is 25.0. The third-order valence-electron chi connectivity index (χ3n) is 3.35. The van der Waals surface area contributed by atoms with Gasteiger partial charge in [0.1, 0.15) is 5.67 Å². The SMILES string of the molecule is Cc1cn(C2CC[C@@](F)(CO)C2)c(=O)[nH]c1=O. The van der Waals surface area contributed by atoms with Crippen molar-refractivity contribution in [2.24, 2.45) is 0 Å². The van der Waals surface area contributed by atoms with E-state index in [9.17, 15) is 14.0 Å². The molecule has 5 nitrogen and oxygen atoms in total. The van der Waals surface area contributed by atoms with Gasteiger partial charge in [0.25, 0.3) is 5.56 Å². The Hall–Kier alpha value is -1.43. The van der Waals surface area contributed by atoms with Crippen LogP contribution in [0.4, 0.5) is 4.39 Å². The zero-order chi connectivity index (χ0) is 12.6. The normalized spacial score (nSPS) is 28.5. The van der Waals surface area contributed by atoms with Gasteiger partial charge in [-0.15, -0.1) is 0 Å². The van der Waals surface area contributed by atoms with E-state index >= 15 is 0 Å². The van der Waals surface area contributed by atoms with E-state index in [4.69, 9.17) is 5.11 Å². The van der Waals surface area contributed by atoms with E-state index in [0.29, 0.717) is 12.0 Å². The Balaban J connectivity index is 2.34. The molecule has 0 aromatic carbocycles. The van der Waals surface area contributed by atoms with Gasteiger partial charge in [-0.05, 0) is 19.8 Å². The summed E-state index contributed by atoms with van der Waals surface area (Å²) in [7, 11) is 0. The number of hydrogen-bond donors (Lipinski definition) is 2. The largest absolute Gasteiger partial charge is 0.393 e. The molecule has 17 heavy (non-hydrogen) atoms. The molecular formula is C11H15FN2O3. The quantitative estimate of drug-likeness (QED) is 0.781. The molecule has 0 spiro atoms. The summed E-state index contributed by atoms with van der Waals surface area (Å²) in [5.74, 6) is 0. The molecule has 2 N–H and O–H groups in total. The number of aryl methyl sites for hydroxylation is 1. The average Bonchev–Trinajstić information content (AvgIpc) is 2.67. The summed E-state index contributed by atoms with van der Waals surface area (Å²) in [6.45, 7) is 1.07. The van der Waals surface area contributed by atoms with Gasteiger partial charge in [0.15, 0.2) is 0 Å². The fourth-order valence-electron chi connectivity index (χ4n) is 2.29. The molecule has 94 valence electrons. The van der Waals surface area contributed by atoms with E-state index in [1.165, 1.54) is 10.8 Å². The molecule has 6 heteroatoms. The van der Waals surface area contributed by atoms with E-state index in [0.717, 1.165) is 0 Å². The smallest absolute Gasteiger partial charge is 0.328 e. The van der Waals surface area contributed by atoms with Crippen LogP contribution in [0.25, 0.3) is 0 Å². The fraction of sp³-hybridized carbons (Fsp3) is 0.636. The molecule has 0 amide bonds. The first-order valence-corrected chi connectivity index (χ1v) is 5.57. The third kappa shape index (κ3) is 2.17. The summed E-state index contributed by atoms with van der Waals surface area (Å²) in [6.07, 6.45) is 2.28. The van der Waals surface area contributed by atoms with Crippen molar-refractivity contribution in [1.82, 2.24) is 9.55 Å². The molecule has 0 saturated heterocycles. The van der Waals surface area contributed by atoms with Gasteiger partial charge in [-0.2, -0.15) is 0 Å². The van der Waals surface area contributed by atoms with Crippen molar-refractivity contribution in [3.8, 4) is 0 Å². The second-order valence-corrected chi connectivity index (χ2v) is 4.68. The Morgan fingerprint density at radius 3 is 2.94 bits per heavy atom. The molecule has 0 aliphatic heterocycles. The lowest BCUT2D eigenvalue weighted by molar-refractivity contribution is 0.0737. The van der Waals surface area contributed by atoms with E-state index in [2.05, 4.69) is 4.98 Å². The van der Waals surface area contributed by atoms with Crippen molar-refractivity contribution < 1.29 is 9.50 Å². The van der Waals surface area contributed by atoms with Crippen molar-refractivity contribution in [2.45, 2.75) is 37.9 Å². The zero-order valence-electron chi connectivity index (χ0n) is 9.57. The van der Waals surface area contributed by atoms with Crippen LogP contribution in [-0.2, 0) is 0 Å². The zero-order valence-corrected chi connectivity index (χ0v) is 9.57. The van der Waals surface area contributed by atoms with Crippen molar-refractivity contribution in [3.05, 3.63) is 32.6 Å². The lowest BCUT2D eigenvalue weighted by atomic mass is 10.1. The Morgan fingerprint density at radius 2 is 2.35 bits per heavy atom. The molecule has 2 atom stereocenters. The maximum atomic E-state index is 13.9. The summed E-state index contributed by atoms with van der Waals surface area (Å²) in [5, 5.41) is 8.94. The lowest BCUT2D eigenvalue weighted by Crippen LogP contribution is -2.33. The molecule has 1 saturated carbocycles. The molecule has 0 bridgehead atoms. The Kier molecular flexibility index (Phi) is 2.91. The minimum Gasteiger partial charge on any atom is -0.393 e. The standard InChI is InChI=1S/C11H15FN2O3/c1-7-5-14(10(17)13-9(7)16)8-2-3-11(12,4-8)6-15/h5,8,15H,2-4,6H2,1H3,(H,13,16,17)/t8?,11-/m0/s1. The molecule has 0 radical (unpaired) electrons. The van der Waals surface area contributed by atoms with Crippen LogP contribution in [0, 0.1) is 6.92 Å². The van der Waals surface area contributed by atoms with Crippen molar-refractivity contribution in [1.29, 1.82) is 0 Å². The van der Waals surface area contributed by atoms with Crippen LogP contribution >= 0.6 is 0 Å². The highest BCUT2D eigenvalue weighted by atomic mass is 19.1. The number of halogens is 1. The molecule has 2 rings (SSSR count). The van der Waals surface area contributed by atoms with Gasteiger partial charge >= 0.3 is 5.69 Å². The van der Waals surface area contributed by atoms with Crippen LogP contribution in [0.1, 0.15) is 30.9 Å². The predicted octanol–water partition coefficient (Wildman–Crippen LogP) is 0.271. The molecular weight excluding hydrogens is 227 g/mol. The van der Waals surface area contributed by atoms with Crippen molar-refractivity contribution in [3.63, 3.8) is 0 Å². The Labute approximate surface area is 96.9 Å². The number of nitrogens with one attached hydrogen (secondary N) is 1. The fourth-order valence-corrected chi connectivity index (χ4v) is 2.29. The minimum absolute atomic E-state index is 0.106. The summed E-state index contributed by atoms with van der Waals surface area (Å²) >= 11 is 0. The van der Waals surface area contributed by atoms with E-state index < -0.39 is 23.5 Å². The van der Waals surface area contributed by atoms with Crippen LogP contribution in [0.5, 0.6) is 0 Å². The number of aliphatic hydroxyl groups is 1. The second kappa shape index (κ2) is 4.10. The monoisotopic (exact) mass is 242 g/mol. The van der Waals surface area contributed by atoms with Crippen LogP contribution in [0.3, 0.4) is 0 Å². The first kappa shape index (κ1) is 12.0. The Bertz CT molecular complexity index is 536. The van der Waals surface area contributed by atoms with Gasteiger partial charge in [-0.3, -0.25) is 14.3 Å². The number of aliphatic hydroxyl groups excluding tert-OH is 1. The van der Waals surface area contributed by atoms with Crippen LogP contribution in [0.15, 0.2) is 15.8 Å². The third-order valence-corrected chi connectivity index (χ3v) is 3.35. The number of aromatic nitrogens is 2. The topological polar surface area (TPSA) is 75.1 Å². The van der Waals surface area contributed by atoms with Gasteiger partial charge in [-0.25, -0.2) is 9.18 Å². The molecule has 1 aliphatic carbocycles. The maximum absolute atomic E-state index is 13.9. The maximum Gasteiger partial charge on any atom is 0.328 e. The highest BCUT2D eigenvalue weighted by molar-refractivity contribution is 5.03. The highest BCUT2D eigenvalue weighted by Crippen LogP contribution is 2.39. The van der Waals surface area contributed by atoms with E-state index in [1.54, 1.807) is 6.92 Å². The van der Waals surface area contributed by atoms with Crippen molar-refractivity contribution >= 4 is 0 Å². The van der Waals surface area contributed by atoms with Gasteiger partial charge in [0.2, 0.25) is 0 Å². The van der Waals surface area contributed by atoms with Crippen LogP contribution < -0.4 is 11.2 Å². The molecule has 1 unspecified atom stereocenters. The van der Waals surface area contributed by atoms with Gasteiger partial charge in [0.05, 0.1) is 6.61 Å². The number of alkyl halides is 1. The lowest BCUT2D eigenvalue weighted by Gasteiger charge is -2.17. The van der Waals surface area contributed by atoms with Gasteiger partial charge in [0, 0.05) is 24.2 Å². The molecule has 1 heterocycles. The summed E-state index contributed by atoms with van der Waals surface area (Å²) < 4.78 is 15.2. The molecule has 1 aromatic heterocycles. The van der Waals surface area contributed by atoms with Gasteiger partial charge in [-0.1, -0.05) is 0 Å². The number of nitrogens with zero attached hydrogens (tertiary/aromatic N) is 1. The van der Waals surface area contributed by atoms with Crippen molar-refractivity contribution in [2.75, 3.05) is 6.61 Å². The highest BCUT2D eigenvalue weighted by Gasteiger charge is 2.40. The van der Waals surface area contributed by atoms with Crippen LogP contribution in [-0.4, -0.2) is 26.9 Å². The van der Waals surface area contributed by atoms with Crippen LogP contribution in [0.2, 0.25) is 0 Å². The van der Waals surface area contributed by atoms with Gasteiger partial charge < -0.3 is 5.11 Å². The number of rotatable bonds is 2. The Morgan fingerprint density at radius 1 is 1.65 bits per heavy atom. The first-order valence-electron chi connectivity index (χ1n) is 5.57. The van der Waals surface area contributed by atoms with E-state index in [-0.39, 0.29) is 18.9 Å². The second-order valence-electron chi connectivity index (χ2n) is 4.68. The predicted molar refractivity (Wildman–Crippen MR) is 59.9 cm³/mol. The number of aromatic amines is 1. The molecule has 1 fully saturated rings. The minimum atomic E-state index is -1.60. The summed E-state index contributed by atoms with van der Waals surface area (Å²) in [6, 6.07) is -0.296. The number of hydrogen-bond acceptors (Lipinski definition) is 3. The molecule has 1 aliphatic rings. The first-order chi connectivity index (χ1) is 7.95.